The molecule has 37 heavy (non-hydrogen) atoms. The van der Waals surface area contributed by atoms with E-state index in [9.17, 15) is 22.4 Å². The number of aromatic amines is 1. The van der Waals surface area contributed by atoms with Crippen LogP contribution in [-0.2, 0) is 14.8 Å². The van der Waals surface area contributed by atoms with Gasteiger partial charge in [0.25, 0.3) is 0 Å². The van der Waals surface area contributed by atoms with Crippen molar-refractivity contribution in [2.45, 2.75) is 57.0 Å². The number of nitrogens with zero attached hydrogens (tertiary/aromatic N) is 2. The van der Waals surface area contributed by atoms with Gasteiger partial charge in [0.2, 0.25) is 21.8 Å². The summed E-state index contributed by atoms with van der Waals surface area (Å²) < 4.78 is 55.6. The number of nitrogens with one attached hydrogen (secondary N) is 3. The van der Waals surface area contributed by atoms with Crippen molar-refractivity contribution in [2.24, 2.45) is 0 Å². The van der Waals surface area contributed by atoms with Crippen LogP contribution in [0.5, 0.6) is 5.75 Å². The first-order chi connectivity index (χ1) is 17.4. The highest BCUT2D eigenvalue weighted by Gasteiger charge is 2.37. The number of ether oxygens (including phenoxy) is 1. The number of carbonyl (C=O) groups excluding carboxylic acids is 1. The van der Waals surface area contributed by atoms with Gasteiger partial charge in [0.1, 0.15) is 27.7 Å². The highest BCUT2D eigenvalue weighted by Crippen LogP contribution is 2.42. The number of rotatable bonds is 7. The van der Waals surface area contributed by atoms with Gasteiger partial charge in [0, 0.05) is 19.3 Å². The van der Waals surface area contributed by atoms with E-state index in [1.165, 1.54) is 13.0 Å². The molecule has 198 valence electrons. The summed E-state index contributed by atoms with van der Waals surface area (Å²) in [7, 11) is -4.44. The van der Waals surface area contributed by atoms with Crippen molar-refractivity contribution >= 4 is 27.5 Å². The molecule has 3 N–H and O–H groups in total. The zero-order valence-electron chi connectivity index (χ0n) is 20.4. The molecule has 0 fully saturated rings. The molecule has 0 saturated heterocycles. The van der Waals surface area contributed by atoms with E-state index in [4.69, 9.17) is 20.8 Å². The second kappa shape index (κ2) is 10.2. The molecule has 1 aromatic carbocycles. The lowest BCUT2D eigenvalue weighted by atomic mass is 9.88. The van der Waals surface area contributed by atoms with Gasteiger partial charge in [-0.15, -0.1) is 5.10 Å². The van der Waals surface area contributed by atoms with Crippen molar-refractivity contribution in [1.29, 1.82) is 0 Å². The third-order valence-electron chi connectivity index (χ3n) is 6.34. The van der Waals surface area contributed by atoms with Gasteiger partial charge >= 0.3 is 5.76 Å². The Balaban J connectivity index is 1.81. The summed E-state index contributed by atoms with van der Waals surface area (Å²) in [5.41, 5.74) is 1.86. The molecule has 4 rings (SSSR count). The van der Waals surface area contributed by atoms with Crippen LogP contribution in [0, 0.1) is 19.7 Å². The predicted molar refractivity (Wildman–Crippen MR) is 130 cm³/mol. The van der Waals surface area contributed by atoms with Crippen molar-refractivity contribution in [2.75, 3.05) is 6.61 Å². The van der Waals surface area contributed by atoms with Gasteiger partial charge < -0.3 is 14.5 Å². The third-order valence-corrected chi connectivity index (χ3v) is 8.08. The highest BCUT2D eigenvalue weighted by atomic mass is 35.5. The average molecular weight is 554 g/mol. The summed E-state index contributed by atoms with van der Waals surface area (Å²) in [6.45, 7) is 6.54. The molecule has 3 heterocycles. The molecule has 3 aromatic rings. The van der Waals surface area contributed by atoms with Gasteiger partial charge in [-0.05, 0) is 36.6 Å². The molecule has 1 aliphatic heterocycles. The van der Waals surface area contributed by atoms with Crippen molar-refractivity contribution in [1.82, 2.24) is 25.2 Å². The Morgan fingerprint density at radius 3 is 2.70 bits per heavy atom. The number of H-pyrrole nitrogens is 1. The summed E-state index contributed by atoms with van der Waals surface area (Å²) in [6, 6.07) is 0.999. The molecule has 2 aromatic heterocycles. The largest absolute Gasteiger partial charge is 0.492 e. The fourth-order valence-electron chi connectivity index (χ4n) is 4.43. The quantitative estimate of drug-likeness (QED) is 0.377. The minimum atomic E-state index is -4.44. The van der Waals surface area contributed by atoms with Gasteiger partial charge in [0.05, 0.1) is 24.4 Å². The number of fused-ring (bicyclic) bond motifs is 1. The molecule has 0 bridgehead atoms. The lowest BCUT2D eigenvalue weighted by molar-refractivity contribution is -0.119. The minimum absolute atomic E-state index is 0.0203. The average Bonchev–Trinajstić information content (AvgIpc) is 3.25. The standard InChI is InChI=1S/C23H25ClFN5O6S/c1-10-5-6-14(25)17(11(10)2)12(3)19(22-28-29-23(32)36-22)30-37(33,34)16-9-26-21(24)18-15(27-13(4)31)7-8-35-20(16)18/h5-6,9,12,15,19,30H,7-8H2,1-4H3,(H,27,31)(H,29,32)/t12-,15?,19+/m1/s1. The maximum atomic E-state index is 15.0. The van der Waals surface area contributed by atoms with Crippen LogP contribution in [0.4, 0.5) is 4.39 Å². The van der Waals surface area contributed by atoms with E-state index >= 15 is 0 Å². The van der Waals surface area contributed by atoms with Crippen molar-refractivity contribution < 1.29 is 26.8 Å². The normalized spacial score (nSPS) is 17.0. The van der Waals surface area contributed by atoms with Crippen LogP contribution in [0.1, 0.15) is 66.4 Å². The van der Waals surface area contributed by atoms with Gasteiger partial charge in [-0.2, -0.15) is 4.72 Å². The SMILES string of the molecule is CC(=O)NC1CCOc2c(S(=O)(=O)N[C@H](c3n[nH]c(=O)o3)[C@H](C)c3c(F)ccc(C)c3C)cnc(Cl)c21. The molecular weight excluding hydrogens is 529 g/mol. The van der Waals surface area contributed by atoms with Gasteiger partial charge in [0.15, 0.2) is 0 Å². The third kappa shape index (κ3) is 5.24. The number of amides is 1. The smallest absolute Gasteiger partial charge is 0.434 e. The van der Waals surface area contributed by atoms with Crippen LogP contribution in [0.2, 0.25) is 5.15 Å². The second-order valence-electron chi connectivity index (χ2n) is 8.79. The van der Waals surface area contributed by atoms with Crippen LogP contribution in [0.15, 0.2) is 32.4 Å². The molecule has 0 saturated carbocycles. The Hall–Kier alpha value is -3.29. The van der Waals surface area contributed by atoms with Crippen LogP contribution < -0.4 is 20.5 Å². The van der Waals surface area contributed by atoms with Crippen LogP contribution in [0.25, 0.3) is 0 Å². The number of sulfonamides is 1. The summed E-state index contributed by atoms with van der Waals surface area (Å²) >= 11 is 6.26. The molecule has 1 aliphatic rings. The Morgan fingerprint density at radius 1 is 1.32 bits per heavy atom. The fraction of sp³-hybridized carbons (Fsp3) is 0.391. The van der Waals surface area contributed by atoms with E-state index in [0.717, 1.165) is 11.8 Å². The first-order valence-electron chi connectivity index (χ1n) is 11.3. The Labute approximate surface area is 216 Å². The highest BCUT2D eigenvalue weighted by molar-refractivity contribution is 7.89. The Kier molecular flexibility index (Phi) is 7.40. The van der Waals surface area contributed by atoms with Crippen molar-refractivity contribution in [3.63, 3.8) is 0 Å². The fourth-order valence-corrected chi connectivity index (χ4v) is 6.06. The Bertz CT molecular complexity index is 1520. The number of hydrogen-bond acceptors (Lipinski definition) is 8. The molecule has 1 unspecified atom stereocenters. The zero-order valence-corrected chi connectivity index (χ0v) is 22.0. The summed E-state index contributed by atoms with van der Waals surface area (Å²) in [5.74, 6) is -2.99. The number of pyridine rings is 1. The predicted octanol–water partition coefficient (Wildman–Crippen LogP) is 2.95. The summed E-state index contributed by atoms with van der Waals surface area (Å²) in [6.07, 6.45) is 1.38. The van der Waals surface area contributed by atoms with Crippen molar-refractivity contribution in [3.8, 4) is 5.75 Å². The number of carbonyl (C=O) groups is 1. The molecule has 3 atom stereocenters. The first-order valence-corrected chi connectivity index (χ1v) is 13.2. The molecule has 1 amide bonds. The molecule has 0 aliphatic carbocycles. The zero-order chi connectivity index (χ0) is 27.1. The lowest BCUT2D eigenvalue weighted by Crippen LogP contribution is -2.35. The van der Waals surface area contributed by atoms with Gasteiger partial charge in [-0.25, -0.2) is 27.7 Å². The molecular formula is C23H25ClFN5O6S. The number of hydrogen-bond donors (Lipinski definition) is 3. The Morgan fingerprint density at radius 2 is 2.05 bits per heavy atom. The van der Waals surface area contributed by atoms with E-state index in [1.54, 1.807) is 26.8 Å². The van der Waals surface area contributed by atoms with Gasteiger partial charge in [-0.3, -0.25) is 4.79 Å². The molecule has 14 heteroatoms. The first kappa shape index (κ1) is 26.8. The monoisotopic (exact) mass is 553 g/mol. The van der Waals surface area contributed by atoms with E-state index in [-0.39, 0.29) is 45.3 Å². The number of benzene rings is 1. The molecule has 0 radical (unpaired) electrons. The maximum absolute atomic E-state index is 15.0. The minimum Gasteiger partial charge on any atom is -0.492 e. The van der Waals surface area contributed by atoms with Crippen molar-refractivity contribution in [3.05, 3.63) is 68.0 Å². The van der Waals surface area contributed by atoms with Crippen LogP contribution in [-0.4, -0.2) is 36.1 Å². The topological polar surface area (TPSA) is 156 Å². The van der Waals surface area contributed by atoms with E-state index < -0.39 is 39.6 Å². The van der Waals surface area contributed by atoms with Crippen LogP contribution >= 0.6 is 11.6 Å². The van der Waals surface area contributed by atoms with E-state index in [2.05, 4.69) is 25.2 Å². The van der Waals surface area contributed by atoms with E-state index in [1.807, 2.05) is 0 Å². The number of aryl methyl sites for hydroxylation is 1. The number of halogens is 2. The molecule has 0 spiro atoms. The summed E-state index contributed by atoms with van der Waals surface area (Å²) in [4.78, 5) is 27.1. The van der Waals surface area contributed by atoms with E-state index in [0.29, 0.717) is 12.0 Å². The second-order valence-corrected chi connectivity index (χ2v) is 10.8. The van der Waals surface area contributed by atoms with Crippen LogP contribution in [0.3, 0.4) is 0 Å². The summed E-state index contributed by atoms with van der Waals surface area (Å²) in [5, 5.41) is 8.61. The lowest BCUT2D eigenvalue weighted by Gasteiger charge is -2.29. The number of aromatic nitrogens is 3. The molecule has 11 nitrogen and oxygen atoms in total. The maximum Gasteiger partial charge on any atom is 0.434 e. The van der Waals surface area contributed by atoms with Gasteiger partial charge in [-0.1, -0.05) is 24.6 Å².